The number of methoxy groups -OCH3 is 1. The van der Waals surface area contributed by atoms with Gasteiger partial charge in [0.1, 0.15) is 12.4 Å². The Morgan fingerprint density at radius 2 is 1.96 bits per heavy atom. The van der Waals surface area contributed by atoms with E-state index in [1.54, 1.807) is 31.4 Å². The number of carbonyl (C=O) groups is 1. The third kappa shape index (κ3) is 9.78. The highest BCUT2D eigenvalue weighted by atomic mass is 19.4. The van der Waals surface area contributed by atoms with Gasteiger partial charge in [-0.15, -0.1) is 0 Å². The van der Waals surface area contributed by atoms with Crippen molar-refractivity contribution in [2.45, 2.75) is 12.6 Å². The van der Waals surface area contributed by atoms with Gasteiger partial charge < -0.3 is 20.1 Å². The highest BCUT2D eigenvalue weighted by Crippen LogP contribution is 2.23. The number of alkyl halides is 3. The minimum Gasteiger partial charge on any atom is -0.489 e. The molecule has 1 rings (SSSR count). The Morgan fingerprint density at radius 3 is 2.64 bits per heavy atom. The molecule has 0 bridgehead atoms. The van der Waals surface area contributed by atoms with Gasteiger partial charge in [0, 0.05) is 13.7 Å². The zero-order chi connectivity index (χ0) is 18.7. The normalized spacial score (nSPS) is 11.4. The second kappa shape index (κ2) is 10.8. The number of amides is 2. The summed E-state index contributed by atoms with van der Waals surface area (Å²) in [6.45, 7) is 0.303. The van der Waals surface area contributed by atoms with Crippen molar-refractivity contribution >= 4 is 11.7 Å². The maximum Gasteiger partial charge on any atom is 0.401 e. The molecule has 0 aliphatic heterocycles. The molecule has 142 valence electrons. The van der Waals surface area contributed by atoms with Crippen molar-refractivity contribution in [2.75, 3.05) is 52.3 Å². The maximum atomic E-state index is 12.2. The number of hydrogen-bond donors (Lipinski definition) is 2. The summed E-state index contributed by atoms with van der Waals surface area (Å²) >= 11 is 0. The van der Waals surface area contributed by atoms with E-state index in [4.69, 9.17) is 9.47 Å². The molecule has 0 atom stereocenters. The molecule has 0 aromatic heterocycles. The Kier molecular flexibility index (Phi) is 9.07. The van der Waals surface area contributed by atoms with Crippen LogP contribution < -0.4 is 15.4 Å². The first kappa shape index (κ1) is 21.0. The predicted molar refractivity (Wildman–Crippen MR) is 89.0 cm³/mol. The monoisotopic (exact) mass is 363 g/mol. The minimum atomic E-state index is -4.22. The fourth-order valence-corrected chi connectivity index (χ4v) is 2.03. The van der Waals surface area contributed by atoms with Gasteiger partial charge >= 0.3 is 12.2 Å². The Hall–Kier alpha value is -2.00. The van der Waals surface area contributed by atoms with E-state index in [1.807, 2.05) is 0 Å². The van der Waals surface area contributed by atoms with Crippen molar-refractivity contribution in [1.29, 1.82) is 0 Å². The molecule has 0 unspecified atom stereocenters. The van der Waals surface area contributed by atoms with E-state index in [0.717, 1.165) is 0 Å². The van der Waals surface area contributed by atoms with Gasteiger partial charge in [-0.25, -0.2) is 4.79 Å². The van der Waals surface area contributed by atoms with E-state index >= 15 is 0 Å². The summed E-state index contributed by atoms with van der Waals surface area (Å²) < 4.78 is 47.0. The van der Waals surface area contributed by atoms with Crippen LogP contribution in [0.25, 0.3) is 0 Å². The van der Waals surface area contributed by atoms with Crippen molar-refractivity contribution in [2.24, 2.45) is 0 Å². The highest BCUT2D eigenvalue weighted by molar-refractivity contribution is 5.90. The van der Waals surface area contributed by atoms with E-state index in [9.17, 15) is 18.0 Å². The molecule has 0 saturated carbocycles. The summed E-state index contributed by atoms with van der Waals surface area (Å²) in [5.41, 5.74) is 0.505. The number of para-hydroxylation sites is 2. The molecule has 9 heteroatoms. The SMILES string of the molecule is COCCOc1ccccc1NC(=O)NCCCN(C)CC(F)(F)F. The van der Waals surface area contributed by atoms with Crippen molar-refractivity contribution in [3.8, 4) is 5.75 Å². The lowest BCUT2D eigenvalue weighted by atomic mass is 10.3. The first-order valence-corrected chi connectivity index (χ1v) is 7.82. The molecule has 0 radical (unpaired) electrons. The van der Waals surface area contributed by atoms with Gasteiger partial charge in [0.05, 0.1) is 18.8 Å². The molecule has 6 nitrogen and oxygen atoms in total. The van der Waals surface area contributed by atoms with Crippen LogP contribution in [0.2, 0.25) is 0 Å². The van der Waals surface area contributed by atoms with Crippen LogP contribution in [-0.2, 0) is 4.74 Å². The Labute approximate surface area is 145 Å². The van der Waals surface area contributed by atoms with Gasteiger partial charge in [0.15, 0.2) is 0 Å². The van der Waals surface area contributed by atoms with Gasteiger partial charge in [-0.1, -0.05) is 12.1 Å². The summed E-state index contributed by atoms with van der Waals surface area (Å²) in [7, 11) is 2.95. The molecule has 0 aliphatic carbocycles. The summed E-state index contributed by atoms with van der Waals surface area (Å²) in [4.78, 5) is 13.0. The van der Waals surface area contributed by atoms with E-state index < -0.39 is 18.8 Å². The smallest absolute Gasteiger partial charge is 0.401 e. The number of hydrogen-bond acceptors (Lipinski definition) is 4. The van der Waals surface area contributed by atoms with E-state index in [0.29, 0.717) is 31.1 Å². The van der Waals surface area contributed by atoms with E-state index in [1.165, 1.54) is 11.9 Å². The van der Waals surface area contributed by atoms with Gasteiger partial charge in [-0.05, 0) is 32.1 Å². The average molecular weight is 363 g/mol. The summed E-state index contributed by atoms with van der Waals surface area (Å²) in [5.74, 6) is 0.514. The van der Waals surface area contributed by atoms with Crippen LogP contribution in [0.5, 0.6) is 5.75 Å². The lowest BCUT2D eigenvalue weighted by molar-refractivity contribution is -0.143. The number of rotatable bonds is 10. The molecular formula is C16H24F3N3O3. The number of ether oxygens (including phenoxy) is 2. The fourth-order valence-electron chi connectivity index (χ4n) is 2.03. The Morgan fingerprint density at radius 1 is 1.24 bits per heavy atom. The molecule has 0 spiro atoms. The van der Waals surface area contributed by atoms with Crippen LogP contribution in [0.4, 0.5) is 23.7 Å². The second-order valence-corrected chi connectivity index (χ2v) is 5.42. The molecule has 0 saturated heterocycles. The van der Waals surface area contributed by atoms with E-state index in [2.05, 4.69) is 10.6 Å². The highest BCUT2D eigenvalue weighted by Gasteiger charge is 2.28. The van der Waals surface area contributed by atoms with Crippen LogP contribution in [-0.4, -0.2) is 64.1 Å². The third-order valence-corrected chi connectivity index (χ3v) is 3.13. The van der Waals surface area contributed by atoms with Gasteiger partial charge in [-0.3, -0.25) is 4.90 Å². The third-order valence-electron chi connectivity index (χ3n) is 3.13. The molecule has 1 aromatic carbocycles. The Balaban J connectivity index is 2.33. The zero-order valence-electron chi connectivity index (χ0n) is 14.4. The Bertz CT molecular complexity index is 527. The maximum absolute atomic E-state index is 12.2. The largest absolute Gasteiger partial charge is 0.489 e. The topological polar surface area (TPSA) is 62.8 Å². The molecule has 0 heterocycles. The van der Waals surface area contributed by atoms with Crippen LogP contribution in [0.1, 0.15) is 6.42 Å². The molecule has 2 N–H and O–H groups in total. The predicted octanol–water partition coefficient (Wildman–Crippen LogP) is 2.72. The van der Waals surface area contributed by atoms with Crippen LogP contribution >= 0.6 is 0 Å². The fraction of sp³-hybridized carbons (Fsp3) is 0.562. The van der Waals surface area contributed by atoms with Crippen LogP contribution in [0.3, 0.4) is 0 Å². The van der Waals surface area contributed by atoms with Crippen LogP contribution in [0, 0.1) is 0 Å². The number of benzene rings is 1. The molecule has 0 aliphatic rings. The molecule has 2 amide bonds. The molecular weight excluding hydrogens is 339 g/mol. The first-order chi connectivity index (χ1) is 11.8. The zero-order valence-corrected chi connectivity index (χ0v) is 14.4. The minimum absolute atomic E-state index is 0.233. The number of halogens is 3. The van der Waals surface area contributed by atoms with Gasteiger partial charge in [0.25, 0.3) is 0 Å². The molecule has 1 aromatic rings. The first-order valence-electron chi connectivity index (χ1n) is 7.82. The molecule has 25 heavy (non-hydrogen) atoms. The summed E-state index contributed by atoms with van der Waals surface area (Å²) in [6, 6.07) is 6.50. The lowest BCUT2D eigenvalue weighted by Crippen LogP contribution is -2.35. The van der Waals surface area contributed by atoms with Gasteiger partial charge in [-0.2, -0.15) is 13.2 Å². The van der Waals surface area contributed by atoms with Crippen molar-refractivity contribution in [1.82, 2.24) is 10.2 Å². The number of carbonyl (C=O) groups excluding carboxylic acids is 1. The summed E-state index contributed by atoms with van der Waals surface area (Å²) in [5, 5.41) is 5.26. The molecule has 0 fully saturated rings. The second-order valence-electron chi connectivity index (χ2n) is 5.42. The van der Waals surface area contributed by atoms with E-state index in [-0.39, 0.29) is 13.1 Å². The van der Waals surface area contributed by atoms with Crippen molar-refractivity contribution in [3.63, 3.8) is 0 Å². The lowest BCUT2D eigenvalue weighted by Gasteiger charge is -2.18. The quantitative estimate of drug-likeness (QED) is 0.628. The van der Waals surface area contributed by atoms with Crippen molar-refractivity contribution < 1.29 is 27.4 Å². The van der Waals surface area contributed by atoms with Crippen molar-refractivity contribution in [3.05, 3.63) is 24.3 Å². The number of nitrogens with one attached hydrogen (secondary N) is 2. The summed E-state index contributed by atoms with van der Waals surface area (Å²) in [6.07, 6.45) is -3.81. The van der Waals surface area contributed by atoms with Crippen LogP contribution in [0.15, 0.2) is 24.3 Å². The standard InChI is InChI=1S/C16H24F3N3O3/c1-22(12-16(17,18)19)9-5-8-20-15(23)21-13-6-3-4-7-14(13)25-11-10-24-2/h3-4,6-7H,5,8-12H2,1-2H3,(H2,20,21,23). The number of urea groups is 1. The number of nitrogens with zero attached hydrogens (tertiary/aromatic N) is 1. The van der Waals surface area contributed by atoms with Gasteiger partial charge in [0.2, 0.25) is 0 Å². The number of anilines is 1. The average Bonchev–Trinajstić information content (AvgIpc) is 2.52.